The topological polar surface area (TPSA) is 16.8 Å². The molecule has 0 spiro atoms. The first kappa shape index (κ1) is 24.2. The maximum atomic E-state index is 5.45. The van der Waals surface area contributed by atoms with E-state index in [4.69, 9.17) is 4.98 Å². The second-order valence-corrected chi connectivity index (χ2v) is 10.7. The molecule has 1 aliphatic rings. The van der Waals surface area contributed by atoms with Gasteiger partial charge in [0.1, 0.15) is 11.4 Å². The number of fused-ring (bicyclic) bond motifs is 3. The molecule has 0 N–H and O–H groups in total. The Kier molecular flexibility index (Phi) is 6.16. The standard InChI is InChI=1S/C34H37N2/c1-9-27-30(10-2)36-19-29(31-23(6)12-11-13-24(31)7)35-33(26-16-20(3)14-21(4)17-26)34(36)28-18-22(5)15-25(8)32(27)28/h10-19,27,30H,2,9H2,1,3-8H3/q+1. The van der Waals surface area contributed by atoms with Gasteiger partial charge in [-0.05, 0) is 94.5 Å². The third-order valence-corrected chi connectivity index (χ3v) is 7.78. The summed E-state index contributed by atoms with van der Waals surface area (Å²) < 4.78 is 2.48. The maximum Gasteiger partial charge on any atom is 0.239 e. The quantitative estimate of drug-likeness (QED) is 0.215. The number of aryl methyl sites for hydroxylation is 6. The van der Waals surface area contributed by atoms with Gasteiger partial charge in [0.25, 0.3) is 0 Å². The van der Waals surface area contributed by atoms with Gasteiger partial charge >= 0.3 is 0 Å². The molecule has 0 bridgehead atoms. The van der Waals surface area contributed by atoms with E-state index in [0.29, 0.717) is 5.92 Å². The van der Waals surface area contributed by atoms with Gasteiger partial charge in [0.15, 0.2) is 12.2 Å². The van der Waals surface area contributed by atoms with Crippen molar-refractivity contribution in [3.05, 3.63) is 106 Å². The molecule has 0 saturated carbocycles. The Balaban J connectivity index is 1.96. The van der Waals surface area contributed by atoms with Crippen molar-refractivity contribution in [2.24, 2.45) is 0 Å². The van der Waals surface area contributed by atoms with Crippen molar-refractivity contribution in [3.63, 3.8) is 0 Å². The van der Waals surface area contributed by atoms with Crippen molar-refractivity contribution in [2.75, 3.05) is 0 Å². The van der Waals surface area contributed by atoms with Crippen LogP contribution in [0.3, 0.4) is 0 Å². The third kappa shape index (κ3) is 3.89. The number of rotatable bonds is 4. The lowest BCUT2D eigenvalue weighted by Crippen LogP contribution is -2.47. The molecule has 0 aliphatic carbocycles. The van der Waals surface area contributed by atoms with E-state index in [9.17, 15) is 0 Å². The SMILES string of the molecule is C=CC1C(CC)c2c(C)cc(C)cc2-c2c(-c3cc(C)cc(C)c3)nc(-c3c(C)cccc3C)c[n+]21. The third-order valence-electron chi connectivity index (χ3n) is 7.78. The largest absolute Gasteiger partial charge is 0.239 e. The summed E-state index contributed by atoms with van der Waals surface area (Å²) in [7, 11) is 0. The van der Waals surface area contributed by atoms with Gasteiger partial charge in [0, 0.05) is 11.1 Å². The van der Waals surface area contributed by atoms with Gasteiger partial charge in [-0.1, -0.05) is 60.5 Å². The van der Waals surface area contributed by atoms with Crippen molar-refractivity contribution >= 4 is 0 Å². The first-order chi connectivity index (χ1) is 17.2. The predicted octanol–water partition coefficient (Wildman–Crippen LogP) is 8.45. The van der Waals surface area contributed by atoms with E-state index in [1.807, 2.05) is 0 Å². The Bertz CT molecular complexity index is 1470. The molecule has 3 aromatic carbocycles. The van der Waals surface area contributed by atoms with E-state index >= 15 is 0 Å². The van der Waals surface area contributed by atoms with Crippen molar-refractivity contribution in [2.45, 2.75) is 66.8 Å². The lowest BCUT2D eigenvalue weighted by atomic mass is 9.77. The van der Waals surface area contributed by atoms with Crippen LogP contribution in [0.25, 0.3) is 33.8 Å². The average molecular weight is 474 g/mol. The molecule has 1 aliphatic heterocycles. The van der Waals surface area contributed by atoms with Gasteiger partial charge in [-0.2, -0.15) is 4.57 Å². The fourth-order valence-electron chi connectivity index (χ4n) is 6.43. The maximum absolute atomic E-state index is 5.45. The Morgan fingerprint density at radius 1 is 0.861 bits per heavy atom. The predicted molar refractivity (Wildman–Crippen MR) is 151 cm³/mol. The number of hydrogen-bond acceptors (Lipinski definition) is 1. The molecule has 4 aromatic rings. The van der Waals surface area contributed by atoms with Crippen molar-refractivity contribution < 1.29 is 4.57 Å². The number of nitrogens with zero attached hydrogens (tertiary/aromatic N) is 2. The Hall–Kier alpha value is -3.52. The highest BCUT2D eigenvalue weighted by atomic mass is 15.1. The zero-order valence-corrected chi connectivity index (χ0v) is 22.7. The summed E-state index contributed by atoms with van der Waals surface area (Å²) in [6.07, 6.45) is 5.48. The average Bonchev–Trinajstić information content (AvgIpc) is 2.81. The van der Waals surface area contributed by atoms with Crippen LogP contribution in [-0.2, 0) is 0 Å². The first-order valence-corrected chi connectivity index (χ1v) is 13.1. The van der Waals surface area contributed by atoms with Crippen molar-refractivity contribution in [1.82, 2.24) is 4.98 Å². The number of allylic oxidation sites excluding steroid dienone is 1. The van der Waals surface area contributed by atoms with E-state index in [1.165, 1.54) is 61.3 Å². The van der Waals surface area contributed by atoms with Crippen LogP contribution < -0.4 is 4.57 Å². The molecule has 2 unspecified atom stereocenters. The van der Waals surface area contributed by atoms with Crippen LogP contribution in [0.4, 0.5) is 0 Å². The van der Waals surface area contributed by atoms with Gasteiger partial charge in [0.05, 0.1) is 11.5 Å². The number of hydrogen-bond donors (Lipinski definition) is 0. The molecule has 2 nitrogen and oxygen atoms in total. The van der Waals surface area contributed by atoms with Crippen LogP contribution in [0, 0.1) is 41.5 Å². The molecule has 5 rings (SSSR count). The second-order valence-electron chi connectivity index (χ2n) is 10.7. The monoisotopic (exact) mass is 473 g/mol. The van der Waals surface area contributed by atoms with E-state index in [2.05, 4.69) is 120 Å². The zero-order chi connectivity index (χ0) is 25.7. The summed E-state index contributed by atoms with van der Waals surface area (Å²) >= 11 is 0. The van der Waals surface area contributed by atoms with E-state index < -0.39 is 0 Å². The molecule has 2 heterocycles. The zero-order valence-electron chi connectivity index (χ0n) is 22.7. The van der Waals surface area contributed by atoms with E-state index in [0.717, 1.165) is 17.8 Å². The van der Waals surface area contributed by atoms with Crippen LogP contribution in [-0.4, -0.2) is 4.98 Å². The molecule has 0 amide bonds. The van der Waals surface area contributed by atoms with Crippen molar-refractivity contribution in [3.8, 4) is 33.8 Å². The minimum atomic E-state index is 0.162. The lowest BCUT2D eigenvalue weighted by molar-refractivity contribution is -0.706. The van der Waals surface area contributed by atoms with Crippen LogP contribution in [0.1, 0.15) is 64.2 Å². The first-order valence-electron chi connectivity index (χ1n) is 13.1. The van der Waals surface area contributed by atoms with Crippen LogP contribution in [0.15, 0.2) is 67.4 Å². The van der Waals surface area contributed by atoms with Gasteiger partial charge in [-0.3, -0.25) is 0 Å². The summed E-state index contributed by atoms with van der Waals surface area (Å²) in [5.41, 5.74) is 16.1. The highest BCUT2D eigenvalue weighted by Gasteiger charge is 2.41. The molecule has 36 heavy (non-hydrogen) atoms. The molecule has 1 aromatic heterocycles. The van der Waals surface area contributed by atoms with Gasteiger partial charge in [0.2, 0.25) is 5.69 Å². The number of benzene rings is 3. The fourth-order valence-corrected chi connectivity index (χ4v) is 6.43. The Morgan fingerprint density at radius 2 is 1.50 bits per heavy atom. The summed E-state index contributed by atoms with van der Waals surface area (Å²) in [4.78, 5) is 5.45. The summed E-state index contributed by atoms with van der Waals surface area (Å²) in [6.45, 7) is 19.8. The molecule has 182 valence electrons. The van der Waals surface area contributed by atoms with Gasteiger partial charge in [-0.15, -0.1) is 0 Å². The van der Waals surface area contributed by atoms with Crippen molar-refractivity contribution in [1.29, 1.82) is 0 Å². The summed E-state index contributed by atoms with van der Waals surface area (Å²) in [5.74, 6) is 0.371. The minimum absolute atomic E-state index is 0.162. The Labute approximate surface area is 216 Å². The molecular formula is C34H37N2+. The van der Waals surface area contributed by atoms with Gasteiger partial charge in [-0.25, -0.2) is 4.98 Å². The van der Waals surface area contributed by atoms with Gasteiger partial charge < -0.3 is 0 Å². The highest BCUT2D eigenvalue weighted by molar-refractivity contribution is 5.82. The molecule has 0 saturated heterocycles. The van der Waals surface area contributed by atoms with Crippen LogP contribution in [0.5, 0.6) is 0 Å². The molecule has 2 heteroatoms. The normalized spacial score (nSPS) is 16.4. The minimum Gasteiger partial charge on any atom is -0.234 e. The summed E-state index contributed by atoms with van der Waals surface area (Å²) in [6, 6.07) is 18.2. The van der Waals surface area contributed by atoms with E-state index in [-0.39, 0.29) is 6.04 Å². The lowest BCUT2D eigenvalue weighted by Gasteiger charge is -2.31. The fraction of sp³-hybridized carbons (Fsp3) is 0.294. The molecular weight excluding hydrogens is 436 g/mol. The van der Waals surface area contributed by atoms with Crippen LogP contribution >= 0.6 is 0 Å². The number of aromatic nitrogens is 2. The van der Waals surface area contributed by atoms with E-state index in [1.54, 1.807) is 0 Å². The Morgan fingerprint density at radius 3 is 2.11 bits per heavy atom. The molecule has 2 atom stereocenters. The summed E-state index contributed by atoms with van der Waals surface area (Å²) in [5, 5.41) is 0. The highest BCUT2D eigenvalue weighted by Crippen LogP contribution is 2.46. The smallest absolute Gasteiger partial charge is 0.234 e. The molecule has 0 radical (unpaired) electrons. The van der Waals surface area contributed by atoms with Crippen LogP contribution in [0.2, 0.25) is 0 Å². The second kappa shape index (κ2) is 9.17. The molecule has 0 fully saturated rings.